The van der Waals surface area contributed by atoms with E-state index in [1.54, 1.807) is 21.3 Å². The number of halogens is 1. The van der Waals surface area contributed by atoms with Crippen molar-refractivity contribution in [3.05, 3.63) is 83.1 Å². The third-order valence-corrected chi connectivity index (χ3v) is 8.58. The molecule has 1 N–H and O–H groups in total. The molecule has 9 heteroatoms. The van der Waals surface area contributed by atoms with Crippen molar-refractivity contribution < 1.29 is 19.0 Å². The number of methoxy groups -OCH3 is 3. The highest BCUT2D eigenvalue weighted by Crippen LogP contribution is 2.49. The van der Waals surface area contributed by atoms with Gasteiger partial charge in [0, 0.05) is 45.2 Å². The third-order valence-electron chi connectivity index (χ3n) is 8.32. The van der Waals surface area contributed by atoms with Crippen LogP contribution in [-0.2, 0) is 6.42 Å². The summed E-state index contributed by atoms with van der Waals surface area (Å²) in [6.45, 7) is 4.21. The van der Waals surface area contributed by atoms with E-state index in [1.165, 1.54) is 0 Å². The maximum absolute atomic E-state index is 14.1. The molecule has 1 aliphatic rings. The van der Waals surface area contributed by atoms with E-state index in [9.17, 15) is 4.79 Å². The Bertz CT molecular complexity index is 2070. The van der Waals surface area contributed by atoms with Crippen molar-refractivity contribution in [2.75, 3.05) is 21.3 Å². The van der Waals surface area contributed by atoms with Crippen LogP contribution in [0.2, 0.25) is 5.02 Å². The number of rotatable bonds is 6. The largest absolute Gasteiger partial charge is 0.493 e. The predicted molar refractivity (Wildman–Crippen MR) is 173 cm³/mol. The van der Waals surface area contributed by atoms with Crippen LogP contribution in [0.15, 0.2) is 66.9 Å². The molecule has 0 spiro atoms. The van der Waals surface area contributed by atoms with Crippen LogP contribution in [0.5, 0.6) is 17.2 Å². The molecule has 222 valence electrons. The van der Waals surface area contributed by atoms with Crippen LogP contribution in [0.25, 0.3) is 50.0 Å². The molecular weight excluding hydrogens is 576 g/mol. The van der Waals surface area contributed by atoms with Crippen molar-refractivity contribution in [3.8, 4) is 45.3 Å². The van der Waals surface area contributed by atoms with E-state index in [1.807, 2.05) is 65.5 Å². The summed E-state index contributed by atoms with van der Waals surface area (Å²) in [5.74, 6) is 1.49. The molecule has 0 aliphatic heterocycles. The predicted octanol–water partition coefficient (Wildman–Crippen LogP) is 8.07. The average molecular weight is 607 g/mol. The minimum absolute atomic E-state index is 0.0403. The van der Waals surface area contributed by atoms with Crippen molar-refractivity contribution in [2.24, 2.45) is 5.41 Å². The lowest BCUT2D eigenvalue weighted by Gasteiger charge is -2.31. The van der Waals surface area contributed by atoms with Crippen LogP contribution < -0.4 is 14.2 Å². The van der Waals surface area contributed by atoms with Crippen LogP contribution in [0.1, 0.15) is 36.3 Å². The molecule has 3 aromatic heterocycles. The summed E-state index contributed by atoms with van der Waals surface area (Å²) in [6.07, 6.45) is 3.00. The topological polar surface area (TPSA) is 91.3 Å². The van der Waals surface area contributed by atoms with Crippen LogP contribution in [-0.4, -0.2) is 46.9 Å². The number of carbonyl (C=O) groups is 1. The summed E-state index contributed by atoms with van der Waals surface area (Å²) >= 11 is 6.28. The standard InChI is InChI=1S/C35H31ClN4O4/c1-35(2)16-25-30(26(41)17-35)29(19-14-27(42-3)33(44-5)28(15-19)43-4)31-32(23-18-37-24-9-7-6-8-22(23)24)39-40(34(31)38-25)21-12-10-20(36)11-13-21/h6-15,18,37H,16-17H2,1-5H3. The van der Waals surface area contributed by atoms with Gasteiger partial charge in [0.2, 0.25) is 5.75 Å². The molecule has 7 rings (SSSR count). The molecule has 0 amide bonds. The molecule has 44 heavy (non-hydrogen) atoms. The van der Waals surface area contributed by atoms with Gasteiger partial charge in [0.1, 0.15) is 5.69 Å². The van der Waals surface area contributed by atoms with Gasteiger partial charge >= 0.3 is 0 Å². The molecule has 3 heterocycles. The number of nitrogens with zero attached hydrogens (tertiary/aromatic N) is 3. The lowest BCUT2D eigenvalue weighted by Crippen LogP contribution is -2.28. The van der Waals surface area contributed by atoms with Crippen molar-refractivity contribution in [1.82, 2.24) is 19.7 Å². The van der Waals surface area contributed by atoms with Gasteiger partial charge in [0.05, 0.1) is 38.1 Å². The zero-order valence-electron chi connectivity index (χ0n) is 25.1. The average Bonchev–Trinajstić information content (AvgIpc) is 3.60. The van der Waals surface area contributed by atoms with Gasteiger partial charge in [-0.25, -0.2) is 9.67 Å². The van der Waals surface area contributed by atoms with Crippen LogP contribution in [0.3, 0.4) is 0 Å². The number of fused-ring (bicyclic) bond motifs is 3. The number of ether oxygens (including phenoxy) is 3. The SMILES string of the molecule is COc1cc(-c2c3c(nc4c2c(-c2c[nH]c5ccccc25)nn4-c2ccc(Cl)cc2)CC(C)(C)CC3=O)cc(OC)c1OC. The van der Waals surface area contributed by atoms with Crippen LogP contribution in [0, 0.1) is 5.41 Å². The second-order valence-electron chi connectivity index (χ2n) is 11.8. The Labute approximate surface area is 259 Å². The molecular formula is C35H31ClN4O4. The lowest BCUT2D eigenvalue weighted by atomic mass is 9.73. The molecule has 0 atom stereocenters. The first-order chi connectivity index (χ1) is 21.2. The number of Topliss-reactive ketones (excluding diaryl/α,β-unsaturated/α-hetero) is 1. The smallest absolute Gasteiger partial charge is 0.203 e. The number of hydrogen-bond acceptors (Lipinski definition) is 6. The van der Waals surface area contributed by atoms with E-state index in [0.717, 1.165) is 44.4 Å². The number of aromatic nitrogens is 4. The molecule has 6 aromatic rings. The first-order valence-corrected chi connectivity index (χ1v) is 14.7. The number of benzene rings is 3. The summed E-state index contributed by atoms with van der Waals surface area (Å²) in [4.78, 5) is 22.7. The maximum atomic E-state index is 14.1. The van der Waals surface area contributed by atoms with Gasteiger partial charge in [-0.15, -0.1) is 0 Å². The Balaban J connectivity index is 1.67. The molecule has 0 saturated heterocycles. The lowest BCUT2D eigenvalue weighted by molar-refractivity contribution is 0.0911. The Morgan fingerprint density at radius 3 is 2.30 bits per heavy atom. The van der Waals surface area contributed by atoms with Crippen molar-refractivity contribution in [2.45, 2.75) is 26.7 Å². The Hall–Kier alpha value is -4.82. The Morgan fingerprint density at radius 1 is 0.909 bits per heavy atom. The molecule has 0 fully saturated rings. The first-order valence-electron chi connectivity index (χ1n) is 14.3. The van der Waals surface area contributed by atoms with E-state index in [4.69, 9.17) is 35.9 Å². The minimum atomic E-state index is -0.248. The number of H-pyrrole nitrogens is 1. The molecule has 0 unspecified atom stereocenters. The maximum Gasteiger partial charge on any atom is 0.203 e. The summed E-state index contributed by atoms with van der Waals surface area (Å²) in [5.41, 5.74) is 6.60. The van der Waals surface area contributed by atoms with Gasteiger partial charge in [-0.3, -0.25) is 4.79 Å². The van der Waals surface area contributed by atoms with Crippen molar-refractivity contribution >= 4 is 39.3 Å². The molecule has 0 bridgehead atoms. The Morgan fingerprint density at radius 2 is 1.61 bits per heavy atom. The third kappa shape index (κ3) is 4.40. The Kier molecular flexibility index (Phi) is 6.62. The van der Waals surface area contributed by atoms with Crippen molar-refractivity contribution in [1.29, 1.82) is 0 Å². The van der Waals surface area contributed by atoms with Gasteiger partial charge in [-0.2, -0.15) is 5.10 Å². The van der Waals surface area contributed by atoms with Crippen LogP contribution in [0.4, 0.5) is 0 Å². The van der Waals surface area contributed by atoms with Crippen molar-refractivity contribution in [3.63, 3.8) is 0 Å². The number of pyridine rings is 1. The highest BCUT2D eigenvalue weighted by molar-refractivity contribution is 6.30. The molecule has 1 aliphatic carbocycles. The number of carbonyl (C=O) groups excluding carboxylic acids is 1. The minimum Gasteiger partial charge on any atom is -0.493 e. The van der Waals surface area contributed by atoms with Gasteiger partial charge in [-0.05, 0) is 59.9 Å². The highest BCUT2D eigenvalue weighted by atomic mass is 35.5. The number of para-hydroxylation sites is 1. The zero-order valence-corrected chi connectivity index (χ0v) is 25.9. The van der Waals surface area contributed by atoms with E-state index in [0.29, 0.717) is 52.0 Å². The fraction of sp³-hybridized carbons (Fsp3) is 0.229. The normalized spacial score (nSPS) is 14.2. The van der Waals surface area contributed by atoms with Crippen LogP contribution >= 0.6 is 11.6 Å². The van der Waals surface area contributed by atoms with E-state index < -0.39 is 0 Å². The number of hydrogen-bond donors (Lipinski definition) is 1. The van der Waals surface area contributed by atoms with Gasteiger partial charge in [0.25, 0.3) is 0 Å². The number of nitrogens with one attached hydrogen (secondary N) is 1. The molecule has 3 aromatic carbocycles. The highest BCUT2D eigenvalue weighted by Gasteiger charge is 2.37. The fourth-order valence-electron chi connectivity index (χ4n) is 6.40. The van der Waals surface area contributed by atoms with E-state index in [2.05, 4.69) is 24.9 Å². The zero-order chi connectivity index (χ0) is 30.7. The van der Waals surface area contributed by atoms with E-state index in [-0.39, 0.29) is 11.2 Å². The molecule has 8 nitrogen and oxygen atoms in total. The van der Waals surface area contributed by atoms with Gasteiger partial charge in [-0.1, -0.05) is 43.6 Å². The summed E-state index contributed by atoms with van der Waals surface area (Å²) in [7, 11) is 4.74. The number of aromatic amines is 1. The number of ketones is 1. The first kappa shape index (κ1) is 28.0. The van der Waals surface area contributed by atoms with Gasteiger partial charge < -0.3 is 19.2 Å². The second kappa shape index (κ2) is 10.4. The fourth-order valence-corrected chi connectivity index (χ4v) is 6.52. The second-order valence-corrected chi connectivity index (χ2v) is 12.3. The molecule has 0 saturated carbocycles. The van der Waals surface area contributed by atoms with E-state index >= 15 is 0 Å². The summed E-state index contributed by atoms with van der Waals surface area (Å²) in [5, 5.41) is 7.60. The molecule has 0 radical (unpaired) electrons. The quantitative estimate of drug-likeness (QED) is 0.206. The summed E-state index contributed by atoms with van der Waals surface area (Å²) < 4.78 is 19.0. The summed E-state index contributed by atoms with van der Waals surface area (Å²) in [6, 6.07) is 19.4. The monoisotopic (exact) mass is 606 g/mol. The van der Waals surface area contributed by atoms with Gasteiger partial charge in [0.15, 0.2) is 22.9 Å².